The third-order valence-corrected chi connectivity index (χ3v) is 3.71. The first kappa shape index (κ1) is 13.0. The van der Waals surface area contributed by atoms with Crippen molar-refractivity contribution in [1.29, 1.82) is 0 Å². The molecule has 1 aliphatic rings. The van der Waals surface area contributed by atoms with Gasteiger partial charge in [-0.3, -0.25) is 4.90 Å². The summed E-state index contributed by atoms with van der Waals surface area (Å²) in [6.45, 7) is 6.86. The minimum absolute atomic E-state index is 0.680. The van der Waals surface area contributed by atoms with E-state index in [1.165, 1.54) is 38.5 Å². The Hall–Kier alpha value is -0.0800. The molecule has 1 fully saturated rings. The van der Waals surface area contributed by atoms with Crippen LogP contribution in [0.2, 0.25) is 0 Å². The van der Waals surface area contributed by atoms with Crippen LogP contribution in [0.3, 0.4) is 0 Å². The standard InChI is InChI=1S/C13H28N2/c1-4-10-14-11-12(2)15(3)13-8-6-5-7-9-13/h12-14H,4-11H2,1-3H3. The van der Waals surface area contributed by atoms with Crippen LogP contribution in [0.25, 0.3) is 0 Å². The minimum atomic E-state index is 0.680. The van der Waals surface area contributed by atoms with Crippen molar-refractivity contribution in [1.82, 2.24) is 10.2 Å². The smallest absolute Gasteiger partial charge is 0.0192 e. The first-order valence-electron chi connectivity index (χ1n) is 6.68. The average molecular weight is 212 g/mol. The van der Waals surface area contributed by atoms with Crippen LogP contribution in [0.15, 0.2) is 0 Å². The lowest BCUT2D eigenvalue weighted by Gasteiger charge is -2.35. The Labute approximate surface area is 95.4 Å². The van der Waals surface area contributed by atoms with Gasteiger partial charge in [-0.15, -0.1) is 0 Å². The first-order chi connectivity index (χ1) is 7.25. The van der Waals surface area contributed by atoms with Crippen molar-refractivity contribution in [2.75, 3.05) is 20.1 Å². The number of hydrogen-bond acceptors (Lipinski definition) is 2. The van der Waals surface area contributed by atoms with Crippen molar-refractivity contribution in [2.24, 2.45) is 0 Å². The van der Waals surface area contributed by atoms with E-state index in [0.29, 0.717) is 6.04 Å². The molecule has 0 bridgehead atoms. The fourth-order valence-corrected chi connectivity index (χ4v) is 2.48. The molecule has 2 heteroatoms. The number of likely N-dealkylation sites (N-methyl/N-ethyl adjacent to an activating group) is 1. The molecule has 0 saturated heterocycles. The molecule has 1 atom stereocenters. The van der Waals surface area contributed by atoms with Crippen molar-refractivity contribution < 1.29 is 0 Å². The molecule has 2 nitrogen and oxygen atoms in total. The van der Waals surface area contributed by atoms with Crippen molar-refractivity contribution in [2.45, 2.75) is 64.5 Å². The van der Waals surface area contributed by atoms with Gasteiger partial charge in [0.1, 0.15) is 0 Å². The Morgan fingerprint density at radius 1 is 1.27 bits per heavy atom. The van der Waals surface area contributed by atoms with Gasteiger partial charge in [-0.25, -0.2) is 0 Å². The van der Waals surface area contributed by atoms with Crippen molar-refractivity contribution in [3.05, 3.63) is 0 Å². The molecular weight excluding hydrogens is 184 g/mol. The maximum atomic E-state index is 3.51. The van der Waals surface area contributed by atoms with Crippen molar-refractivity contribution in [3.8, 4) is 0 Å². The highest BCUT2D eigenvalue weighted by Crippen LogP contribution is 2.22. The highest BCUT2D eigenvalue weighted by molar-refractivity contribution is 4.78. The Balaban J connectivity index is 2.21. The molecule has 0 aromatic rings. The quantitative estimate of drug-likeness (QED) is 0.681. The van der Waals surface area contributed by atoms with Crippen LogP contribution < -0.4 is 5.32 Å². The molecule has 0 heterocycles. The summed E-state index contributed by atoms with van der Waals surface area (Å²) in [7, 11) is 2.30. The molecule has 90 valence electrons. The van der Waals surface area contributed by atoms with Crippen LogP contribution in [-0.4, -0.2) is 37.1 Å². The molecule has 0 aliphatic heterocycles. The number of nitrogens with zero attached hydrogens (tertiary/aromatic N) is 1. The number of rotatable bonds is 6. The second-order valence-corrected chi connectivity index (χ2v) is 5.01. The van der Waals surface area contributed by atoms with E-state index in [9.17, 15) is 0 Å². The van der Waals surface area contributed by atoms with Gasteiger partial charge in [0, 0.05) is 18.6 Å². The maximum Gasteiger partial charge on any atom is 0.0192 e. The molecule has 1 saturated carbocycles. The second kappa shape index (κ2) is 7.24. The van der Waals surface area contributed by atoms with Gasteiger partial charge in [-0.2, -0.15) is 0 Å². The van der Waals surface area contributed by atoms with Crippen LogP contribution in [0.4, 0.5) is 0 Å². The van der Waals surface area contributed by atoms with Crippen LogP contribution in [-0.2, 0) is 0 Å². The summed E-state index contributed by atoms with van der Waals surface area (Å²) in [5.41, 5.74) is 0. The van der Waals surface area contributed by atoms with Crippen LogP contribution in [0, 0.1) is 0 Å². The predicted molar refractivity (Wildman–Crippen MR) is 67.3 cm³/mol. The summed E-state index contributed by atoms with van der Waals surface area (Å²) in [4.78, 5) is 2.59. The van der Waals surface area contributed by atoms with E-state index >= 15 is 0 Å². The lowest BCUT2D eigenvalue weighted by atomic mass is 9.94. The van der Waals surface area contributed by atoms with E-state index in [2.05, 4.69) is 31.1 Å². The van der Waals surface area contributed by atoms with Gasteiger partial charge in [0.25, 0.3) is 0 Å². The van der Waals surface area contributed by atoms with Gasteiger partial charge in [-0.1, -0.05) is 26.2 Å². The maximum absolute atomic E-state index is 3.51. The van der Waals surface area contributed by atoms with Crippen molar-refractivity contribution in [3.63, 3.8) is 0 Å². The molecule has 0 aromatic heterocycles. The second-order valence-electron chi connectivity index (χ2n) is 5.01. The van der Waals surface area contributed by atoms with E-state index < -0.39 is 0 Å². The highest BCUT2D eigenvalue weighted by Gasteiger charge is 2.21. The molecule has 1 unspecified atom stereocenters. The highest BCUT2D eigenvalue weighted by atomic mass is 15.2. The van der Waals surface area contributed by atoms with Gasteiger partial charge >= 0.3 is 0 Å². The van der Waals surface area contributed by atoms with Gasteiger partial charge in [0.15, 0.2) is 0 Å². The Morgan fingerprint density at radius 3 is 2.53 bits per heavy atom. The zero-order valence-corrected chi connectivity index (χ0v) is 10.8. The lowest BCUT2D eigenvalue weighted by molar-refractivity contribution is 0.144. The normalized spacial score (nSPS) is 20.8. The van der Waals surface area contributed by atoms with Gasteiger partial charge in [0.05, 0.1) is 0 Å². The summed E-state index contributed by atoms with van der Waals surface area (Å²) in [5.74, 6) is 0. The number of nitrogens with one attached hydrogen (secondary N) is 1. The molecular formula is C13H28N2. The lowest BCUT2D eigenvalue weighted by Crippen LogP contribution is -2.44. The summed E-state index contributed by atoms with van der Waals surface area (Å²) in [6.07, 6.45) is 8.38. The molecule has 1 rings (SSSR count). The molecule has 0 spiro atoms. The number of hydrogen-bond donors (Lipinski definition) is 1. The zero-order chi connectivity index (χ0) is 11.1. The summed E-state index contributed by atoms with van der Waals surface area (Å²) < 4.78 is 0. The van der Waals surface area contributed by atoms with E-state index in [0.717, 1.165) is 19.1 Å². The average Bonchev–Trinajstić information content (AvgIpc) is 2.29. The summed E-state index contributed by atoms with van der Waals surface area (Å²) >= 11 is 0. The van der Waals surface area contributed by atoms with Crippen LogP contribution in [0.5, 0.6) is 0 Å². The van der Waals surface area contributed by atoms with Crippen LogP contribution >= 0.6 is 0 Å². The van der Waals surface area contributed by atoms with Gasteiger partial charge < -0.3 is 5.32 Å². The monoisotopic (exact) mass is 212 g/mol. The van der Waals surface area contributed by atoms with E-state index in [4.69, 9.17) is 0 Å². The molecule has 0 aromatic carbocycles. The zero-order valence-electron chi connectivity index (χ0n) is 10.8. The van der Waals surface area contributed by atoms with Gasteiger partial charge in [0.2, 0.25) is 0 Å². The largest absolute Gasteiger partial charge is 0.315 e. The minimum Gasteiger partial charge on any atom is -0.315 e. The molecule has 1 aliphatic carbocycles. The molecule has 1 N–H and O–H groups in total. The first-order valence-corrected chi connectivity index (χ1v) is 6.68. The summed E-state index contributed by atoms with van der Waals surface area (Å²) in [5, 5.41) is 3.51. The van der Waals surface area contributed by atoms with Gasteiger partial charge in [-0.05, 0) is 39.8 Å². The van der Waals surface area contributed by atoms with E-state index in [1.807, 2.05) is 0 Å². The topological polar surface area (TPSA) is 15.3 Å². The van der Waals surface area contributed by atoms with E-state index in [1.54, 1.807) is 0 Å². The third-order valence-electron chi connectivity index (χ3n) is 3.71. The predicted octanol–water partition coefficient (Wildman–Crippen LogP) is 2.64. The van der Waals surface area contributed by atoms with E-state index in [-0.39, 0.29) is 0 Å². The molecule has 15 heavy (non-hydrogen) atoms. The SMILES string of the molecule is CCCNCC(C)N(C)C1CCCCC1. The molecule has 0 radical (unpaired) electrons. The summed E-state index contributed by atoms with van der Waals surface area (Å²) in [6, 6.07) is 1.52. The Kier molecular flexibility index (Phi) is 6.26. The fourth-order valence-electron chi connectivity index (χ4n) is 2.48. The fraction of sp³-hybridized carbons (Fsp3) is 1.00. The Morgan fingerprint density at radius 2 is 1.93 bits per heavy atom. The third kappa shape index (κ3) is 4.52. The van der Waals surface area contributed by atoms with Crippen molar-refractivity contribution >= 4 is 0 Å². The molecule has 0 amide bonds. The van der Waals surface area contributed by atoms with Crippen LogP contribution in [0.1, 0.15) is 52.4 Å². The Bertz CT molecular complexity index is 153.